The highest BCUT2D eigenvalue weighted by Crippen LogP contribution is 2.37. The van der Waals surface area contributed by atoms with Crippen molar-refractivity contribution in [2.24, 2.45) is 10.3 Å². The van der Waals surface area contributed by atoms with Gasteiger partial charge in [-0.05, 0) is 19.2 Å². The number of nitrogens with zero attached hydrogens (tertiary/aromatic N) is 3. The molecule has 8 nitrogen and oxygen atoms in total. The van der Waals surface area contributed by atoms with Crippen molar-refractivity contribution in [2.75, 3.05) is 14.1 Å². The lowest BCUT2D eigenvalue weighted by atomic mass is 10.3. The molecule has 0 saturated heterocycles. The average molecular weight is 325 g/mol. The van der Waals surface area contributed by atoms with E-state index in [9.17, 15) is 16.8 Å². The first kappa shape index (κ1) is 14.2. The van der Waals surface area contributed by atoms with Gasteiger partial charge in [0.15, 0.2) is 0 Å². The summed E-state index contributed by atoms with van der Waals surface area (Å²) in [7, 11) is -5.38. The molecule has 1 aliphatic heterocycles. The van der Waals surface area contributed by atoms with Gasteiger partial charge in [-0.3, -0.25) is 0 Å². The predicted octanol–water partition coefficient (Wildman–Crippen LogP) is 0.881. The first-order valence-electron chi connectivity index (χ1n) is 4.88. The third-order valence-electron chi connectivity index (χ3n) is 2.48. The molecular weight excluding hydrogens is 316 g/mol. The first-order chi connectivity index (χ1) is 8.70. The molecule has 1 N–H and O–H groups in total. The van der Waals surface area contributed by atoms with E-state index in [0.29, 0.717) is 4.41 Å². The Hall–Kier alpha value is -1.23. The van der Waals surface area contributed by atoms with Crippen molar-refractivity contribution in [2.45, 2.75) is 9.79 Å². The SMILES string of the molecule is CNS(=O)(=O)c1cc2c(cc1Cl)N=NN(C)S2(=O)=O. The van der Waals surface area contributed by atoms with Gasteiger partial charge in [0.25, 0.3) is 10.0 Å². The van der Waals surface area contributed by atoms with Gasteiger partial charge in [-0.2, -0.15) is 12.8 Å². The first-order valence-corrected chi connectivity index (χ1v) is 8.18. The molecule has 19 heavy (non-hydrogen) atoms. The second-order valence-electron chi connectivity index (χ2n) is 3.59. The van der Waals surface area contributed by atoms with E-state index in [0.717, 1.165) is 12.1 Å². The number of hydrogen-bond donors (Lipinski definition) is 1. The van der Waals surface area contributed by atoms with E-state index in [1.807, 2.05) is 0 Å². The maximum Gasteiger partial charge on any atom is 0.282 e. The van der Waals surface area contributed by atoms with Crippen molar-refractivity contribution >= 4 is 37.3 Å². The normalized spacial score (nSPS) is 17.3. The fourth-order valence-corrected chi connectivity index (χ4v) is 3.82. The van der Waals surface area contributed by atoms with Gasteiger partial charge in [-0.25, -0.2) is 13.1 Å². The summed E-state index contributed by atoms with van der Waals surface area (Å²) in [6.45, 7) is 0. The Morgan fingerprint density at radius 3 is 2.58 bits per heavy atom. The van der Waals surface area contributed by atoms with Crippen LogP contribution in [0.15, 0.2) is 32.3 Å². The number of rotatable bonds is 2. The molecule has 0 amide bonds. The molecule has 1 aliphatic rings. The number of fused-ring (bicyclic) bond motifs is 1. The van der Waals surface area contributed by atoms with E-state index in [4.69, 9.17) is 11.6 Å². The summed E-state index contributed by atoms with van der Waals surface area (Å²) >= 11 is 5.82. The molecule has 0 atom stereocenters. The lowest BCUT2D eigenvalue weighted by Gasteiger charge is -2.19. The van der Waals surface area contributed by atoms with E-state index >= 15 is 0 Å². The van der Waals surface area contributed by atoms with Crippen LogP contribution in [-0.4, -0.2) is 35.3 Å². The summed E-state index contributed by atoms with van der Waals surface area (Å²) in [4.78, 5) is -0.590. The molecule has 1 aromatic rings. The zero-order valence-corrected chi connectivity index (χ0v) is 12.2. The summed E-state index contributed by atoms with van der Waals surface area (Å²) in [6, 6.07) is 2.11. The monoisotopic (exact) mass is 324 g/mol. The van der Waals surface area contributed by atoms with Crippen molar-refractivity contribution in [1.82, 2.24) is 9.14 Å². The van der Waals surface area contributed by atoms with Crippen LogP contribution < -0.4 is 4.72 Å². The molecule has 0 unspecified atom stereocenters. The maximum atomic E-state index is 12.0. The van der Waals surface area contributed by atoms with Crippen LogP contribution in [0.1, 0.15) is 0 Å². The van der Waals surface area contributed by atoms with Crippen LogP contribution in [0.3, 0.4) is 0 Å². The van der Waals surface area contributed by atoms with Crippen molar-refractivity contribution in [3.8, 4) is 0 Å². The second kappa shape index (κ2) is 4.40. The third kappa shape index (κ3) is 2.20. The Bertz CT molecular complexity index is 772. The number of sulfonamides is 2. The van der Waals surface area contributed by atoms with Crippen molar-refractivity contribution in [3.05, 3.63) is 17.2 Å². The van der Waals surface area contributed by atoms with Gasteiger partial charge in [-0.15, -0.1) is 5.11 Å². The smallest absolute Gasteiger partial charge is 0.214 e. The van der Waals surface area contributed by atoms with Crippen LogP contribution in [0.25, 0.3) is 0 Å². The van der Waals surface area contributed by atoms with Gasteiger partial charge in [0.05, 0.1) is 5.02 Å². The van der Waals surface area contributed by atoms with Gasteiger partial charge in [0, 0.05) is 7.05 Å². The Labute approximate surface area is 115 Å². The molecular formula is C8H9ClN4O4S2. The zero-order valence-electron chi connectivity index (χ0n) is 9.82. The Morgan fingerprint density at radius 2 is 2.00 bits per heavy atom. The fourth-order valence-electron chi connectivity index (χ4n) is 1.43. The molecule has 104 valence electrons. The van der Waals surface area contributed by atoms with Gasteiger partial charge < -0.3 is 0 Å². The second-order valence-corrected chi connectivity index (χ2v) is 7.77. The Morgan fingerprint density at radius 1 is 1.37 bits per heavy atom. The molecule has 0 spiro atoms. The average Bonchev–Trinajstić information content (AvgIpc) is 2.33. The number of hydrogen-bond acceptors (Lipinski definition) is 6. The molecule has 1 aromatic carbocycles. The van der Waals surface area contributed by atoms with E-state index in [2.05, 4.69) is 15.1 Å². The third-order valence-corrected chi connectivity index (χ3v) is 6.01. The van der Waals surface area contributed by atoms with Gasteiger partial charge >= 0.3 is 0 Å². The van der Waals surface area contributed by atoms with Crippen LogP contribution in [0, 0.1) is 0 Å². The van der Waals surface area contributed by atoms with Crippen LogP contribution in [-0.2, 0) is 20.0 Å². The largest absolute Gasteiger partial charge is 0.282 e. The lowest BCUT2D eigenvalue weighted by Crippen LogP contribution is -2.25. The van der Waals surface area contributed by atoms with E-state index in [-0.39, 0.29) is 20.5 Å². The number of benzene rings is 1. The van der Waals surface area contributed by atoms with E-state index in [1.54, 1.807) is 0 Å². The Kier molecular flexibility index (Phi) is 3.29. The van der Waals surface area contributed by atoms with Crippen LogP contribution in [0.2, 0.25) is 5.02 Å². The van der Waals surface area contributed by atoms with Gasteiger partial charge in [-0.1, -0.05) is 16.8 Å². The summed E-state index contributed by atoms with van der Waals surface area (Å²) in [5.41, 5.74) is -0.00171. The van der Waals surface area contributed by atoms with Crippen molar-refractivity contribution in [3.63, 3.8) is 0 Å². The fraction of sp³-hybridized carbons (Fsp3) is 0.250. The number of nitrogens with one attached hydrogen (secondary N) is 1. The standard InChI is InChI=1S/C8H9ClN4O4S2/c1-10-18(14,15)7-4-8-6(3-5(7)9)11-12-13(2)19(8,16)17/h3-4,10H,1-2H3. The number of halogens is 1. The summed E-state index contributed by atoms with van der Waals surface area (Å²) in [6.07, 6.45) is 0. The minimum atomic E-state index is -3.91. The van der Waals surface area contributed by atoms with Crippen molar-refractivity contribution in [1.29, 1.82) is 0 Å². The highest BCUT2D eigenvalue weighted by Gasteiger charge is 2.31. The van der Waals surface area contributed by atoms with E-state index in [1.165, 1.54) is 14.1 Å². The molecule has 0 aliphatic carbocycles. The topological polar surface area (TPSA) is 108 Å². The summed E-state index contributed by atoms with van der Waals surface area (Å²) in [5, 5.41) is 6.94. The predicted molar refractivity (Wildman–Crippen MR) is 67.2 cm³/mol. The lowest BCUT2D eigenvalue weighted by molar-refractivity contribution is 0.462. The summed E-state index contributed by atoms with van der Waals surface area (Å²) in [5.74, 6) is 0. The molecule has 2 rings (SSSR count). The van der Waals surface area contributed by atoms with Crippen LogP contribution in [0.4, 0.5) is 5.69 Å². The Balaban J connectivity index is 2.81. The highest BCUT2D eigenvalue weighted by molar-refractivity contribution is 7.90. The van der Waals surface area contributed by atoms with Crippen LogP contribution >= 0.6 is 11.6 Å². The molecule has 1 heterocycles. The maximum absolute atomic E-state index is 12.0. The van der Waals surface area contributed by atoms with Gasteiger partial charge in [0.1, 0.15) is 15.5 Å². The minimum absolute atomic E-state index is 0.00171. The quantitative estimate of drug-likeness (QED) is 0.871. The van der Waals surface area contributed by atoms with E-state index < -0.39 is 20.0 Å². The minimum Gasteiger partial charge on any atom is -0.214 e. The van der Waals surface area contributed by atoms with Crippen molar-refractivity contribution < 1.29 is 16.8 Å². The molecule has 0 radical (unpaired) electrons. The van der Waals surface area contributed by atoms with Crippen LogP contribution in [0.5, 0.6) is 0 Å². The molecule has 0 saturated carbocycles. The zero-order chi connectivity index (χ0) is 14.4. The molecule has 0 fully saturated rings. The summed E-state index contributed by atoms with van der Waals surface area (Å²) < 4.78 is 50.2. The molecule has 11 heteroatoms. The molecule has 0 aromatic heterocycles. The highest BCUT2D eigenvalue weighted by atomic mass is 35.5. The van der Waals surface area contributed by atoms with Gasteiger partial charge in [0.2, 0.25) is 10.0 Å². The molecule has 0 bridgehead atoms.